The van der Waals surface area contributed by atoms with Crippen LogP contribution >= 0.6 is 0 Å². The van der Waals surface area contributed by atoms with Crippen LogP contribution in [0.1, 0.15) is 52.5 Å². The van der Waals surface area contributed by atoms with Crippen molar-refractivity contribution >= 4 is 5.91 Å². The van der Waals surface area contributed by atoms with Gasteiger partial charge in [-0.3, -0.25) is 4.79 Å². The van der Waals surface area contributed by atoms with Gasteiger partial charge in [-0.1, -0.05) is 24.3 Å². The van der Waals surface area contributed by atoms with Crippen molar-refractivity contribution in [1.29, 1.82) is 0 Å². The summed E-state index contributed by atoms with van der Waals surface area (Å²) in [7, 11) is 0. The fourth-order valence-electron chi connectivity index (χ4n) is 4.34. The third-order valence-electron chi connectivity index (χ3n) is 5.92. The number of hydrogen-bond donors (Lipinski definition) is 0. The van der Waals surface area contributed by atoms with Gasteiger partial charge in [0.2, 0.25) is 0 Å². The maximum Gasteiger partial charge on any atom is 0.258 e. The third-order valence-corrected chi connectivity index (χ3v) is 5.92. The van der Waals surface area contributed by atoms with Gasteiger partial charge in [0.05, 0.1) is 29.2 Å². The number of carbonyl (C=O) groups excluding carboxylic acids is 1. The van der Waals surface area contributed by atoms with E-state index >= 15 is 0 Å². The highest BCUT2D eigenvalue weighted by molar-refractivity contribution is 5.96. The normalized spacial score (nSPS) is 18.1. The molecule has 142 valence electrons. The maximum atomic E-state index is 13.6. The average molecular weight is 375 g/mol. The van der Waals surface area contributed by atoms with E-state index in [1.165, 1.54) is 23.3 Å². The fourth-order valence-corrected chi connectivity index (χ4v) is 4.34. The third kappa shape index (κ3) is 2.82. The number of benzene rings is 2. The maximum absolute atomic E-state index is 13.6. The summed E-state index contributed by atoms with van der Waals surface area (Å²) in [6.07, 6.45) is 5.78. The molecule has 5 heteroatoms. The standard InChI is InChI=1S/C23H22FN3O/c1-15-21(14-25-27(15)19-9-7-17(24)8-10-19)23(28)26(18-11-12-18)22-13-6-16-4-2-3-5-20(16)22/h2-5,7-10,14,18,22H,6,11-13H2,1H3. The number of aromatic nitrogens is 2. The predicted octanol–water partition coefficient (Wildman–Crippen LogP) is 4.61. The lowest BCUT2D eigenvalue weighted by Crippen LogP contribution is -2.36. The topological polar surface area (TPSA) is 38.1 Å². The number of aryl methyl sites for hydroxylation is 1. The Morgan fingerprint density at radius 1 is 1.11 bits per heavy atom. The largest absolute Gasteiger partial charge is 0.328 e. The van der Waals surface area contributed by atoms with Gasteiger partial charge in [0, 0.05) is 6.04 Å². The average Bonchev–Trinajstić information content (AvgIpc) is 3.34. The SMILES string of the molecule is Cc1c(C(=O)N(C2CC2)C2CCc3ccccc32)cnn1-c1ccc(F)cc1. The van der Waals surface area contributed by atoms with E-state index < -0.39 is 0 Å². The van der Waals surface area contributed by atoms with Crippen LogP contribution in [0.4, 0.5) is 4.39 Å². The van der Waals surface area contributed by atoms with Crippen LogP contribution < -0.4 is 0 Å². The minimum Gasteiger partial charge on any atom is -0.328 e. The predicted molar refractivity (Wildman–Crippen MR) is 105 cm³/mol. The van der Waals surface area contributed by atoms with Gasteiger partial charge < -0.3 is 4.90 Å². The first-order chi connectivity index (χ1) is 13.6. The van der Waals surface area contributed by atoms with E-state index in [-0.39, 0.29) is 17.8 Å². The van der Waals surface area contributed by atoms with Crippen LogP contribution in [0.2, 0.25) is 0 Å². The van der Waals surface area contributed by atoms with Crippen molar-refractivity contribution in [3.63, 3.8) is 0 Å². The van der Waals surface area contributed by atoms with E-state index in [0.717, 1.165) is 37.1 Å². The van der Waals surface area contributed by atoms with Crippen LogP contribution in [0, 0.1) is 12.7 Å². The molecule has 4 nitrogen and oxygen atoms in total. The summed E-state index contributed by atoms with van der Waals surface area (Å²) in [6.45, 7) is 1.90. The quantitative estimate of drug-likeness (QED) is 0.668. The van der Waals surface area contributed by atoms with Crippen molar-refractivity contribution < 1.29 is 9.18 Å². The molecular formula is C23H22FN3O. The summed E-state index contributed by atoms with van der Waals surface area (Å²) in [5.74, 6) is -0.236. The lowest BCUT2D eigenvalue weighted by Gasteiger charge is -2.30. The van der Waals surface area contributed by atoms with E-state index in [4.69, 9.17) is 0 Å². The van der Waals surface area contributed by atoms with E-state index in [1.807, 2.05) is 6.92 Å². The summed E-state index contributed by atoms with van der Waals surface area (Å²) in [4.78, 5) is 15.6. The Labute approximate surface area is 163 Å². The number of fused-ring (bicyclic) bond motifs is 1. The number of halogens is 1. The number of amides is 1. The van der Waals surface area contributed by atoms with E-state index in [9.17, 15) is 9.18 Å². The zero-order valence-corrected chi connectivity index (χ0v) is 15.8. The van der Waals surface area contributed by atoms with Gasteiger partial charge in [0.1, 0.15) is 5.82 Å². The van der Waals surface area contributed by atoms with Gasteiger partial charge in [-0.25, -0.2) is 9.07 Å². The summed E-state index contributed by atoms with van der Waals surface area (Å²) in [5, 5.41) is 4.42. The smallest absolute Gasteiger partial charge is 0.258 e. The Bertz CT molecular complexity index is 1040. The molecule has 5 rings (SSSR count). The van der Waals surface area contributed by atoms with Gasteiger partial charge in [-0.15, -0.1) is 0 Å². The van der Waals surface area contributed by atoms with E-state index in [2.05, 4.69) is 34.3 Å². The molecule has 0 radical (unpaired) electrons. The first kappa shape index (κ1) is 17.2. The number of hydrogen-bond acceptors (Lipinski definition) is 2. The molecule has 1 unspecified atom stereocenters. The fraction of sp³-hybridized carbons (Fsp3) is 0.304. The summed E-state index contributed by atoms with van der Waals surface area (Å²) in [5.41, 5.74) is 4.80. The van der Waals surface area contributed by atoms with Crippen LogP contribution in [-0.2, 0) is 6.42 Å². The van der Waals surface area contributed by atoms with Crippen LogP contribution in [0.15, 0.2) is 54.7 Å². The molecule has 0 aliphatic heterocycles. The van der Waals surface area contributed by atoms with E-state index in [1.54, 1.807) is 23.0 Å². The van der Waals surface area contributed by atoms with Gasteiger partial charge in [-0.2, -0.15) is 5.10 Å². The Balaban J connectivity index is 1.49. The molecule has 0 bridgehead atoms. The molecule has 0 spiro atoms. The zero-order chi connectivity index (χ0) is 19.3. The van der Waals surface area contributed by atoms with E-state index in [0.29, 0.717) is 11.6 Å². The van der Waals surface area contributed by atoms with Crippen LogP contribution in [-0.4, -0.2) is 26.6 Å². The van der Waals surface area contributed by atoms with Crippen molar-refractivity contribution in [3.05, 3.63) is 82.9 Å². The highest BCUT2D eigenvalue weighted by atomic mass is 19.1. The minimum absolute atomic E-state index is 0.0510. The lowest BCUT2D eigenvalue weighted by atomic mass is 10.1. The van der Waals surface area contributed by atoms with Gasteiger partial charge in [-0.05, 0) is 68.0 Å². The monoisotopic (exact) mass is 375 g/mol. The first-order valence-electron chi connectivity index (χ1n) is 9.84. The first-order valence-corrected chi connectivity index (χ1v) is 9.84. The molecule has 2 aromatic carbocycles. The molecule has 3 aromatic rings. The van der Waals surface area contributed by atoms with Crippen LogP contribution in [0.3, 0.4) is 0 Å². The second-order valence-electron chi connectivity index (χ2n) is 7.73. The molecule has 0 N–H and O–H groups in total. The van der Waals surface area contributed by atoms with Crippen molar-refractivity contribution in [3.8, 4) is 5.69 Å². The molecule has 28 heavy (non-hydrogen) atoms. The molecular weight excluding hydrogens is 353 g/mol. The molecule has 1 atom stereocenters. The molecule has 1 saturated carbocycles. The minimum atomic E-state index is -0.287. The Morgan fingerprint density at radius 2 is 1.86 bits per heavy atom. The molecule has 1 aromatic heterocycles. The number of rotatable bonds is 4. The molecule has 0 saturated heterocycles. The Morgan fingerprint density at radius 3 is 2.61 bits per heavy atom. The second kappa shape index (κ2) is 6.59. The summed E-state index contributed by atoms with van der Waals surface area (Å²) >= 11 is 0. The van der Waals surface area contributed by atoms with Crippen LogP contribution in [0.5, 0.6) is 0 Å². The van der Waals surface area contributed by atoms with Crippen molar-refractivity contribution in [2.45, 2.75) is 44.7 Å². The second-order valence-corrected chi connectivity index (χ2v) is 7.73. The highest BCUT2D eigenvalue weighted by Gasteiger charge is 2.41. The number of nitrogens with zero attached hydrogens (tertiary/aromatic N) is 3. The molecule has 2 aliphatic carbocycles. The van der Waals surface area contributed by atoms with Crippen LogP contribution in [0.25, 0.3) is 5.69 Å². The zero-order valence-electron chi connectivity index (χ0n) is 15.8. The molecule has 1 amide bonds. The van der Waals surface area contributed by atoms with Gasteiger partial charge in [0.25, 0.3) is 5.91 Å². The summed E-state index contributed by atoms with van der Waals surface area (Å²) < 4.78 is 15.0. The van der Waals surface area contributed by atoms with Gasteiger partial charge >= 0.3 is 0 Å². The number of carbonyl (C=O) groups is 1. The molecule has 1 heterocycles. The van der Waals surface area contributed by atoms with Gasteiger partial charge in [0.15, 0.2) is 0 Å². The Kier molecular flexibility index (Phi) is 4.04. The molecule has 2 aliphatic rings. The van der Waals surface area contributed by atoms with Crippen molar-refractivity contribution in [2.75, 3.05) is 0 Å². The summed E-state index contributed by atoms with van der Waals surface area (Å²) in [6, 6.07) is 15.1. The lowest BCUT2D eigenvalue weighted by molar-refractivity contribution is 0.0657. The molecule has 1 fully saturated rings. The van der Waals surface area contributed by atoms with Crippen molar-refractivity contribution in [1.82, 2.24) is 14.7 Å². The van der Waals surface area contributed by atoms with Crippen molar-refractivity contribution in [2.24, 2.45) is 0 Å². The highest BCUT2D eigenvalue weighted by Crippen LogP contribution is 2.42. The Hall–Kier alpha value is -2.95.